The number of rotatable bonds is 4. The summed E-state index contributed by atoms with van der Waals surface area (Å²) in [6, 6.07) is 11.4. The molecule has 0 atom stereocenters. The Morgan fingerprint density at radius 1 is 1.12 bits per heavy atom. The van der Waals surface area contributed by atoms with Crippen LogP contribution in [-0.4, -0.2) is 21.8 Å². The monoisotopic (exact) mass is 326 g/mol. The maximum Gasteiger partial charge on any atom is 0.260 e. The van der Waals surface area contributed by atoms with E-state index in [1.165, 1.54) is 6.07 Å². The van der Waals surface area contributed by atoms with Crippen LogP contribution >= 0.6 is 0 Å². The number of amides is 1. The smallest absolute Gasteiger partial charge is 0.260 e. The molecule has 5 heteroatoms. The van der Waals surface area contributed by atoms with Crippen molar-refractivity contribution in [3.8, 4) is 0 Å². The Kier molecular flexibility index (Phi) is 3.56. The van der Waals surface area contributed by atoms with E-state index in [9.17, 15) is 13.6 Å². The molecule has 2 aromatic carbocycles. The summed E-state index contributed by atoms with van der Waals surface area (Å²) in [6.07, 6.45) is 3.59. The van der Waals surface area contributed by atoms with Crippen LogP contribution in [0.3, 0.4) is 0 Å². The second kappa shape index (κ2) is 5.74. The fraction of sp³-hybridized carbons (Fsp3) is 0.211. The summed E-state index contributed by atoms with van der Waals surface area (Å²) in [5, 5.41) is 1.05. The highest BCUT2D eigenvalue weighted by Crippen LogP contribution is 2.31. The highest BCUT2D eigenvalue weighted by molar-refractivity contribution is 5.95. The summed E-state index contributed by atoms with van der Waals surface area (Å²) in [5.74, 6) is -2.21. The summed E-state index contributed by atoms with van der Waals surface area (Å²) in [6.45, 7) is 0.346. The molecule has 1 aromatic heterocycles. The molecule has 1 aliphatic carbocycles. The molecule has 0 bridgehead atoms. The second-order valence-electron chi connectivity index (χ2n) is 6.16. The number of hydrogen-bond donors (Lipinski definition) is 1. The third kappa shape index (κ3) is 2.66. The number of aromatic nitrogens is 1. The van der Waals surface area contributed by atoms with Crippen molar-refractivity contribution in [2.75, 3.05) is 0 Å². The van der Waals surface area contributed by atoms with Gasteiger partial charge in [0.2, 0.25) is 0 Å². The molecule has 0 unspecified atom stereocenters. The van der Waals surface area contributed by atoms with E-state index in [2.05, 4.69) is 4.98 Å². The van der Waals surface area contributed by atoms with E-state index in [0.717, 1.165) is 41.4 Å². The van der Waals surface area contributed by atoms with Gasteiger partial charge in [0, 0.05) is 24.3 Å². The third-order valence-electron chi connectivity index (χ3n) is 4.40. The van der Waals surface area contributed by atoms with Crippen LogP contribution in [0.5, 0.6) is 0 Å². The Hall–Kier alpha value is -2.69. The van der Waals surface area contributed by atoms with Gasteiger partial charge in [0.1, 0.15) is 17.2 Å². The van der Waals surface area contributed by atoms with Gasteiger partial charge in [0.15, 0.2) is 0 Å². The summed E-state index contributed by atoms with van der Waals surface area (Å²) >= 11 is 0. The molecule has 0 radical (unpaired) electrons. The average molecular weight is 326 g/mol. The number of aromatic amines is 1. The molecule has 1 saturated carbocycles. The Morgan fingerprint density at radius 2 is 1.88 bits per heavy atom. The fourth-order valence-electron chi connectivity index (χ4n) is 3.00. The van der Waals surface area contributed by atoms with Crippen LogP contribution in [0.25, 0.3) is 10.9 Å². The molecule has 24 heavy (non-hydrogen) atoms. The average Bonchev–Trinajstić information content (AvgIpc) is 3.29. The summed E-state index contributed by atoms with van der Waals surface area (Å²) in [5.41, 5.74) is 1.49. The van der Waals surface area contributed by atoms with Crippen LogP contribution in [0.4, 0.5) is 8.78 Å². The van der Waals surface area contributed by atoms with Crippen molar-refractivity contribution < 1.29 is 13.6 Å². The van der Waals surface area contributed by atoms with E-state index in [0.29, 0.717) is 6.54 Å². The molecule has 0 aliphatic heterocycles. The molecule has 0 spiro atoms. The number of nitrogens with zero attached hydrogens (tertiary/aromatic N) is 1. The summed E-state index contributed by atoms with van der Waals surface area (Å²) in [4.78, 5) is 17.4. The molecule has 1 heterocycles. The Labute approximate surface area is 137 Å². The lowest BCUT2D eigenvalue weighted by atomic mass is 10.1. The zero-order valence-electron chi connectivity index (χ0n) is 12.9. The predicted molar refractivity (Wildman–Crippen MR) is 87.6 cm³/mol. The van der Waals surface area contributed by atoms with Crippen LogP contribution in [0.1, 0.15) is 28.8 Å². The molecular weight excluding hydrogens is 310 g/mol. The molecule has 0 saturated heterocycles. The SMILES string of the molecule is O=C(c1c(F)cccc1F)N(Cc1ccc2[nH]ccc2c1)C1CC1. The van der Waals surface area contributed by atoms with Crippen LogP contribution in [0.2, 0.25) is 0 Å². The molecule has 1 N–H and O–H groups in total. The Balaban J connectivity index is 1.66. The van der Waals surface area contributed by atoms with Crippen molar-refractivity contribution in [3.05, 3.63) is 71.4 Å². The predicted octanol–water partition coefficient (Wildman–Crippen LogP) is 4.25. The number of benzene rings is 2. The summed E-state index contributed by atoms with van der Waals surface area (Å²) < 4.78 is 27.9. The van der Waals surface area contributed by atoms with Crippen molar-refractivity contribution in [1.82, 2.24) is 9.88 Å². The van der Waals surface area contributed by atoms with Crippen LogP contribution in [0, 0.1) is 11.6 Å². The van der Waals surface area contributed by atoms with Crippen molar-refractivity contribution in [2.45, 2.75) is 25.4 Å². The van der Waals surface area contributed by atoms with E-state index in [1.807, 2.05) is 30.5 Å². The first-order valence-electron chi connectivity index (χ1n) is 7.94. The van der Waals surface area contributed by atoms with Gasteiger partial charge in [-0.3, -0.25) is 4.79 Å². The molecule has 1 fully saturated rings. The molecular formula is C19H16F2N2O. The van der Waals surface area contributed by atoms with Gasteiger partial charge in [-0.15, -0.1) is 0 Å². The van der Waals surface area contributed by atoms with E-state index < -0.39 is 23.1 Å². The second-order valence-corrected chi connectivity index (χ2v) is 6.16. The number of H-pyrrole nitrogens is 1. The van der Waals surface area contributed by atoms with Gasteiger partial charge in [-0.05, 0) is 54.1 Å². The van der Waals surface area contributed by atoms with Crippen molar-refractivity contribution in [3.63, 3.8) is 0 Å². The normalized spacial score (nSPS) is 14.1. The largest absolute Gasteiger partial charge is 0.361 e. The minimum Gasteiger partial charge on any atom is -0.361 e. The van der Waals surface area contributed by atoms with Crippen molar-refractivity contribution in [1.29, 1.82) is 0 Å². The number of carbonyl (C=O) groups is 1. The maximum absolute atomic E-state index is 14.0. The quantitative estimate of drug-likeness (QED) is 0.764. The standard InChI is InChI=1S/C19H16F2N2O/c20-15-2-1-3-16(21)18(15)19(24)23(14-5-6-14)11-12-4-7-17-13(10-12)8-9-22-17/h1-4,7-10,14,22H,5-6,11H2. The maximum atomic E-state index is 14.0. The third-order valence-corrected chi connectivity index (χ3v) is 4.40. The van der Waals surface area contributed by atoms with Gasteiger partial charge >= 0.3 is 0 Å². The number of fused-ring (bicyclic) bond motifs is 1. The molecule has 1 amide bonds. The lowest BCUT2D eigenvalue weighted by Crippen LogP contribution is -2.33. The Morgan fingerprint density at radius 3 is 2.58 bits per heavy atom. The molecule has 1 aliphatic rings. The van der Waals surface area contributed by atoms with Gasteiger partial charge in [0.25, 0.3) is 5.91 Å². The van der Waals surface area contributed by atoms with E-state index in [-0.39, 0.29) is 6.04 Å². The van der Waals surface area contributed by atoms with E-state index >= 15 is 0 Å². The van der Waals surface area contributed by atoms with E-state index in [4.69, 9.17) is 0 Å². The molecule has 3 aromatic rings. The zero-order chi connectivity index (χ0) is 16.7. The van der Waals surface area contributed by atoms with Gasteiger partial charge < -0.3 is 9.88 Å². The first-order chi connectivity index (χ1) is 11.6. The van der Waals surface area contributed by atoms with Crippen LogP contribution in [0.15, 0.2) is 48.7 Å². The molecule has 3 nitrogen and oxygen atoms in total. The minimum atomic E-state index is -0.813. The van der Waals surface area contributed by atoms with E-state index in [1.54, 1.807) is 4.90 Å². The first kappa shape index (κ1) is 14.9. The van der Waals surface area contributed by atoms with Crippen LogP contribution in [-0.2, 0) is 6.54 Å². The Bertz CT molecular complexity index is 894. The number of hydrogen-bond acceptors (Lipinski definition) is 1. The van der Waals surface area contributed by atoms with Crippen molar-refractivity contribution in [2.24, 2.45) is 0 Å². The number of nitrogens with one attached hydrogen (secondary N) is 1. The number of carbonyl (C=O) groups excluding carboxylic acids is 1. The molecule has 122 valence electrons. The highest BCUT2D eigenvalue weighted by atomic mass is 19.1. The number of halogens is 2. The van der Waals surface area contributed by atoms with Crippen LogP contribution < -0.4 is 0 Å². The van der Waals surface area contributed by atoms with Crippen molar-refractivity contribution >= 4 is 16.8 Å². The first-order valence-corrected chi connectivity index (χ1v) is 7.94. The minimum absolute atomic E-state index is 0.0541. The van der Waals surface area contributed by atoms with Gasteiger partial charge in [-0.2, -0.15) is 0 Å². The molecule has 4 rings (SSSR count). The topological polar surface area (TPSA) is 36.1 Å². The highest BCUT2D eigenvalue weighted by Gasteiger charge is 2.35. The zero-order valence-corrected chi connectivity index (χ0v) is 12.9. The van der Waals surface area contributed by atoms with Gasteiger partial charge in [-0.1, -0.05) is 12.1 Å². The fourth-order valence-corrected chi connectivity index (χ4v) is 3.00. The summed E-state index contributed by atoms with van der Waals surface area (Å²) in [7, 11) is 0. The van der Waals surface area contributed by atoms with Gasteiger partial charge in [0.05, 0.1) is 0 Å². The van der Waals surface area contributed by atoms with Gasteiger partial charge in [-0.25, -0.2) is 8.78 Å². The lowest BCUT2D eigenvalue weighted by molar-refractivity contribution is 0.0720. The lowest BCUT2D eigenvalue weighted by Gasteiger charge is -2.23.